The van der Waals surface area contributed by atoms with Gasteiger partial charge in [-0.3, -0.25) is 0 Å². The largest absolute Gasteiger partial charge is 0.175 e. The quantitative estimate of drug-likeness (QED) is 0.711. The maximum Gasteiger partial charge on any atom is 0.175 e. The molecule has 0 aromatic carbocycles. The van der Waals surface area contributed by atoms with Crippen LogP contribution in [0.25, 0.3) is 0 Å². The van der Waals surface area contributed by atoms with Crippen molar-refractivity contribution in [2.24, 2.45) is 5.41 Å². The predicted octanol–water partition coefficient (Wildman–Crippen LogP) is 5.04. The van der Waals surface area contributed by atoms with Gasteiger partial charge in [0.2, 0.25) is 0 Å². The van der Waals surface area contributed by atoms with Crippen LogP contribution in [-0.2, 0) is 0 Å². The number of hydrogen-bond donors (Lipinski definition) is 0. The highest BCUT2D eigenvalue weighted by molar-refractivity contribution is 8.02. The van der Waals surface area contributed by atoms with Gasteiger partial charge in [0.1, 0.15) is 0 Å². The molecule has 0 amide bonds. The third-order valence-electron chi connectivity index (χ3n) is 3.47. The number of aromatic nitrogens is 2. The molecular formula is C14H20N2S3. The average molecular weight is 313 g/mol. The van der Waals surface area contributed by atoms with E-state index < -0.39 is 0 Å². The minimum absolute atomic E-state index is 0.376. The second-order valence-electron chi connectivity index (χ2n) is 5.18. The van der Waals surface area contributed by atoms with E-state index in [4.69, 9.17) is 0 Å². The molecule has 1 aliphatic rings. The van der Waals surface area contributed by atoms with Crippen LogP contribution in [0.3, 0.4) is 0 Å². The first-order valence-corrected chi connectivity index (χ1v) is 9.50. The van der Waals surface area contributed by atoms with Gasteiger partial charge in [-0.15, -0.1) is 10.2 Å². The molecule has 1 aromatic heterocycles. The van der Waals surface area contributed by atoms with Crippen LogP contribution in [0.1, 0.15) is 32.6 Å². The van der Waals surface area contributed by atoms with E-state index in [1.807, 2.05) is 24.1 Å². The summed E-state index contributed by atoms with van der Waals surface area (Å²) in [7, 11) is 0. The topological polar surface area (TPSA) is 25.8 Å². The van der Waals surface area contributed by atoms with Gasteiger partial charge in [0.05, 0.1) is 0 Å². The Bertz CT molecular complexity index is 467. The Morgan fingerprint density at radius 3 is 2.95 bits per heavy atom. The van der Waals surface area contributed by atoms with E-state index in [9.17, 15) is 0 Å². The van der Waals surface area contributed by atoms with Crippen LogP contribution in [0.5, 0.6) is 0 Å². The zero-order valence-electron chi connectivity index (χ0n) is 11.5. The predicted molar refractivity (Wildman–Crippen MR) is 87.3 cm³/mol. The Kier molecular flexibility index (Phi) is 5.54. The van der Waals surface area contributed by atoms with Crippen molar-refractivity contribution in [1.29, 1.82) is 0 Å². The maximum absolute atomic E-state index is 4.24. The van der Waals surface area contributed by atoms with Gasteiger partial charge in [-0.2, -0.15) is 0 Å². The Balaban J connectivity index is 1.93. The first kappa shape index (κ1) is 15.1. The van der Waals surface area contributed by atoms with Gasteiger partial charge in [0, 0.05) is 5.75 Å². The van der Waals surface area contributed by atoms with Crippen molar-refractivity contribution in [3.05, 3.63) is 24.3 Å². The molecule has 2 rings (SSSR count). The Labute approximate surface area is 128 Å². The molecule has 0 fully saturated rings. The fraction of sp³-hybridized carbons (Fsp3) is 0.571. The zero-order chi connectivity index (χ0) is 13.7. The highest BCUT2D eigenvalue weighted by Crippen LogP contribution is 2.39. The van der Waals surface area contributed by atoms with Crippen molar-refractivity contribution < 1.29 is 0 Å². The van der Waals surface area contributed by atoms with Gasteiger partial charge in [0.25, 0.3) is 0 Å². The molecule has 0 saturated heterocycles. The SMILES string of the molecule is C=CC1=CCC(C)(CSc2nnc(SC)s2)CCC1. The zero-order valence-corrected chi connectivity index (χ0v) is 14.0. The molecule has 1 unspecified atom stereocenters. The highest BCUT2D eigenvalue weighted by atomic mass is 32.2. The molecule has 1 aliphatic carbocycles. The fourth-order valence-electron chi connectivity index (χ4n) is 2.19. The first-order valence-electron chi connectivity index (χ1n) is 6.47. The molecule has 0 bridgehead atoms. The summed E-state index contributed by atoms with van der Waals surface area (Å²) in [5.41, 5.74) is 1.79. The highest BCUT2D eigenvalue weighted by Gasteiger charge is 2.25. The number of nitrogens with zero attached hydrogens (tertiary/aromatic N) is 2. The molecule has 0 radical (unpaired) electrons. The van der Waals surface area contributed by atoms with Crippen LogP contribution in [0.15, 0.2) is 33.0 Å². The second-order valence-corrected chi connectivity index (χ2v) is 8.43. The second kappa shape index (κ2) is 6.95. The molecule has 1 aromatic rings. The van der Waals surface area contributed by atoms with Gasteiger partial charge in [-0.25, -0.2) is 0 Å². The summed E-state index contributed by atoms with van der Waals surface area (Å²) < 4.78 is 2.16. The van der Waals surface area contributed by atoms with Crippen molar-refractivity contribution in [2.45, 2.75) is 41.3 Å². The Morgan fingerprint density at radius 1 is 1.47 bits per heavy atom. The molecular weight excluding hydrogens is 292 g/mol. The van der Waals surface area contributed by atoms with Crippen molar-refractivity contribution in [3.63, 3.8) is 0 Å². The summed E-state index contributed by atoms with van der Waals surface area (Å²) in [5.74, 6) is 1.12. The number of hydrogen-bond acceptors (Lipinski definition) is 5. The van der Waals surface area contributed by atoms with E-state index >= 15 is 0 Å². The van der Waals surface area contributed by atoms with Crippen LogP contribution in [0.2, 0.25) is 0 Å². The van der Waals surface area contributed by atoms with E-state index in [-0.39, 0.29) is 0 Å². The lowest BCUT2D eigenvalue weighted by Gasteiger charge is -2.26. The third-order valence-corrected chi connectivity index (χ3v) is 6.94. The number of thioether (sulfide) groups is 2. The molecule has 1 atom stereocenters. The Hall–Kier alpha value is -0.260. The minimum Gasteiger partial charge on any atom is -0.131 e. The van der Waals surface area contributed by atoms with Gasteiger partial charge in [0.15, 0.2) is 8.68 Å². The number of allylic oxidation sites excluding steroid dienone is 3. The van der Waals surface area contributed by atoms with Gasteiger partial charge < -0.3 is 0 Å². The van der Waals surface area contributed by atoms with Crippen molar-refractivity contribution in [1.82, 2.24) is 10.2 Å². The molecule has 0 spiro atoms. The standard InChI is InChI=1S/C14H20N2S3/c1-4-11-6-5-8-14(2,9-7-11)10-18-13-16-15-12(17-3)19-13/h4,7H,1,5-6,8-10H2,2-3H3. The van der Waals surface area contributed by atoms with Gasteiger partial charge >= 0.3 is 0 Å². The van der Waals surface area contributed by atoms with E-state index in [1.165, 1.54) is 24.8 Å². The van der Waals surface area contributed by atoms with E-state index in [0.29, 0.717) is 5.41 Å². The first-order chi connectivity index (χ1) is 9.15. The Morgan fingerprint density at radius 2 is 2.26 bits per heavy atom. The fourth-order valence-corrected chi connectivity index (χ4v) is 4.84. The molecule has 5 heteroatoms. The van der Waals surface area contributed by atoms with Crippen LogP contribution >= 0.6 is 34.9 Å². The minimum atomic E-state index is 0.376. The lowest BCUT2D eigenvalue weighted by molar-refractivity contribution is 0.346. The molecule has 104 valence electrons. The van der Waals surface area contributed by atoms with Crippen LogP contribution in [0, 0.1) is 5.41 Å². The van der Waals surface area contributed by atoms with Crippen molar-refractivity contribution >= 4 is 34.9 Å². The van der Waals surface area contributed by atoms with Crippen molar-refractivity contribution in [2.75, 3.05) is 12.0 Å². The molecule has 19 heavy (non-hydrogen) atoms. The molecule has 2 nitrogen and oxygen atoms in total. The molecule has 0 saturated carbocycles. The summed E-state index contributed by atoms with van der Waals surface area (Å²) in [6.07, 6.45) is 11.3. The smallest absolute Gasteiger partial charge is 0.131 e. The molecule has 1 heterocycles. The summed E-state index contributed by atoms with van der Waals surface area (Å²) in [6, 6.07) is 0. The summed E-state index contributed by atoms with van der Waals surface area (Å²) in [6.45, 7) is 6.28. The van der Waals surface area contributed by atoms with Gasteiger partial charge in [-0.1, -0.05) is 66.1 Å². The van der Waals surface area contributed by atoms with Crippen LogP contribution in [0.4, 0.5) is 0 Å². The molecule has 0 N–H and O–H groups in total. The number of rotatable bonds is 5. The summed E-state index contributed by atoms with van der Waals surface area (Å²) >= 11 is 5.23. The summed E-state index contributed by atoms with van der Waals surface area (Å²) in [5, 5.41) is 8.39. The van der Waals surface area contributed by atoms with Crippen LogP contribution in [-0.4, -0.2) is 22.2 Å². The van der Waals surface area contributed by atoms with Gasteiger partial charge in [-0.05, 0) is 37.4 Å². The molecule has 0 aliphatic heterocycles. The third kappa shape index (κ3) is 4.36. The van der Waals surface area contributed by atoms with E-state index in [2.05, 4.69) is 29.8 Å². The maximum atomic E-state index is 4.24. The summed E-state index contributed by atoms with van der Waals surface area (Å²) in [4.78, 5) is 0. The van der Waals surface area contributed by atoms with Crippen molar-refractivity contribution in [3.8, 4) is 0 Å². The van der Waals surface area contributed by atoms with E-state index in [1.54, 1.807) is 23.1 Å². The monoisotopic (exact) mass is 312 g/mol. The lowest BCUT2D eigenvalue weighted by Crippen LogP contribution is -2.17. The average Bonchev–Trinajstić information content (AvgIpc) is 2.80. The van der Waals surface area contributed by atoms with E-state index in [0.717, 1.165) is 20.9 Å². The van der Waals surface area contributed by atoms with Crippen LogP contribution < -0.4 is 0 Å². The lowest BCUT2D eigenvalue weighted by atomic mass is 9.85. The normalized spacial score (nSPS) is 23.8.